The molecule has 0 saturated carbocycles. The third-order valence-electron chi connectivity index (χ3n) is 0. The van der Waals surface area contributed by atoms with Gasteiger partial charge in [-0.1, -0.05) is 0 Å². The SMILES string of the molecule is CP(P)S. The molecular formula is CH6P2S. The summed E-state index contributed by atoms with van der Waals surface area (Å²) in [6.07, 6.45) is 0. The fraction of sp³-hybridized carbons (Fsp3) is 1.00. The van der Waals surface area contributed by atoms with Gasteiger partial charge in [-0.15, -0.1) is 21.2 Å². The van der Waals surface area contributed by atoms with E-state index in [2.05, 4.69) is 27.8 Å². The molecule has 2 unspecified atom stereocenters. The number of hydrogen-bond acceptors (Lipinski definition) is 1. The average molecular weight is 112 g/mol. The van der Waals surface area contributed by atoms with E-state index in [4.69, 9.17) is 0 Å². The van der Waals surface area contributed by atoms with Crippen molar-refractivity contribution in [1.29, 1.82) is 0 Å². The zero-order valence-electron chi connectivity index (χ0n) is 2.47. The second kappa shape index (κ2) is 2.45. The lowest BCUT2D eigenvalue weighted by Gasteiger charge is -1.80. The highest BCUT2D eigenvalue weighted by molar-refractivity contribution is 8.63. The van der Waals surface area contributed by atoms with E-state index in [1.54, 1.807) is 0 Å². The van der Waals surface area contributed by atoms with E-state index in [0.717, 1.165) is 0 Å². The highest BCUT2D eigenvalue weighted by atomic mass is 32.8. The number of hydrogen-bond donors (Lipinski definition) is 1. The Morgan fingerprint density at radius 1 is 2.00 bits per heavy atom. The number of thiol groups is 1. The maximum Gasteiger partial charge on any atom is -0.0320 e. The zero-order chi connectivity index (χ0) is 3.58. The summed E-state index contributed by atoms with van der Waals surface area (Å²) in [6, 6.07) is 0. The van der Waals surface area contributed by atoms with Crippen molar-refractivity contribution < 1.29 is 0 Å². The van der Waals surface area contributed by atoms with Gasteiger partial charge in [-0.25, -0.2) is 0 Å². The normalized spacial score (nSPS) is 15.8. The molecule has 0 bridgehead atoms. The Balaban J connectivity index is 2.32. The van der Waals surface area contributed by atoms with Crippen LogP contribution in [-0.4, -0.2) is 6.66 Å². The predicted octanol–water partition coefficient (Wildman–Crippen LogP) is 1.73. The first-order valence-electron chi connectivity index (χ1n) is 0.905. The first-order valence-corrected chi connectivity index (χ1v) is 5.47. The van der Waals surface area contributed by atoms with Crippen molar-refractivity contribution in [2.24, 2.45) is 0 Å². The molecule has 0 aromatic carbocycles. The predicted molar refractivity (Wildman–Crippen MR) is 31.5 cm³/mol. The minimum absolute atomic E-state index is 0.00926. The molecule has 0 fully saturated rings. The highest BCUT2D eigenvalue weighted by Crippen LogP contribution is 2.44. The Morgan fingerprint density at radius 2 is 2.00 bits per heavy atom. The van der Waals surface area contributed by atoms with Gasteiger partial charge in [-0.2, -0.15) is 0 Å². The van der Waals surface area contributed by atoms with Crippen LogP contribution in [0.2, 0.25) is 0 Å². The van der Waals surface area contributed by atoms with Crippen molar-refractivity contribution >= 4 is 28.0 Å². The lowest BCUT2D eigenvalue weighted by Crippen LogP contribution is -1.19. The Bertz CT molecular complexity index is 10.8. The second-order valence-electron chi connectivity index (χ2n) is 0.574. The van der Waals surface area contributed by atoms with E-state index in [-0.39, 0.29) is 6.81 Å². The van der Waals surface area contributed by atoms with Crippen LogP contribution < -0.4 is 0 Å². The van der Waals surface area contributed by atoms with Gasteiger partial charge < -0.3 is 0 Å². The lowest BCUT2D eigenvalue weighted by atomic mass is 12.0. The smallest absolute Gasteiger partial charge is 0.0320 e. The quantitative estimate of drug-likeness (QED) is 0.358. The maximum atomic E-state index is 3.99. The lowest BCUT2D eigenvalue weighted by molar-refractivity contribution is 2.50. The summed E-state index contributed by atoms with van der Waals surface area (Å²) in [6.45, 7) is 2.05. The minimum Gasteiger partial charge on any atom is -0.147 e. The van der Waals surface area contributed by atoms with Gasteiger partial charge in [0.25, 0.3) is 0 Å². The van der Waals surface area contributed by atoms with Crippen LogP contribution in [0, 0.1) is 0 Å². The summed E-state index contributed by atoms with van der Waals surface area (Å²) in [7, 11) is 2.59. The topological polar surface area (TPSA) is 0 Å². The van der Waals surface area contributed by atoms with Gasteiger partial charge in [0.15, 0.2) is 0 Å². The van der Waals surface area contributed by atoms with Crippen LogP contribution in [0.3, 0.4) is 0 Å². The summed E-state index contributed by atoms with van der Waals surface area (Å²) in [5.74, 6) is 0. The molecule has 0 spiro atoms. The molecule has 0 aliphatic heterocycles. The van der Waals surface area contributed by atoms with E-state index in [9.17, 15) is 0 Å². The van der Waals surface area contributed by atoms with Gasteiger partial charge in [0.1, 0.15) is 0 Å². The third-order valence-corrected chi connectivity index (χ3v) is 0. The van der Waals surface area contributed by atoms with Gasteiger partial charge in [0.05, 0.1) is 0 Å². The molecule has 0 radical (unpaired) electrons. The molecule has 3 heteroatoms. The summed E-state index contributed by atoms with van der Waals surface area (Å²) >= 11 is 3.99. The molecule has 0 aromatic rings. The molecule has 0 aliphatic carbocycles. The molecule has 0 N–H and O–H groups in total. The molecule has 0 nitrogen and oxygen atoms in total. The van der Waals surface area contributed by atoms with Crippen molar-refractivity contribution in [3.8, 4) is 0 Å². The molecular weight excluding hydrogens is 106 g/mol. The Hall–Kier alpha value is 1.21. The molecule has 0 rings (SSSR count). The van der Waals surface area contributed by atoms with Crippen LogP contribution in [0.4, 0.5) is 0 Å². The van der Waals surface area contributed by atoms with Crippen molar-refractivity contribution in [2.45, 2.75) is 0 Å². The van der Waals surface area contributed by atoms with Crippen LogP contribution in [0.25, 0.3) is 0 Å². The maximum absolute atomic E-state index is 3.99. The first kappa shape index (κ1) is 5.21. The van der Waals surface area contributed by atoms with Gasteiger partial charge in [0.2, 0.25) is 0 Å². The summed E-state index contributed by atoms with van der Waals surface area (Å²) < 4.78 is 0. The van der Waals surface area contributed by atoms with Crippen LogP contribution in [0.15, 0.2) is 0 Å². The van der Waals surface area contributed by atoms with Crippen molar-refractivity contribution in [2.75, 3.05) is 6.66 Å². The molecule has 2 atom stereocenters. The molecule has 4 heavy (non-hydrogen) atoms. The second-order valence-corrected chi connectivity index (χ2v) is 7.24. The average Bonchev–Trinajstić information content (AvgIpc) is 0.811. The molecule has 0 heterocycles. The van der Waals surface area contributed by atoms with E-state index in [1.807, 2.05) is 0 Å². The molecule has 0 aliphatic rings. The molecule has 0 saturated heterocycles. The highest BCUT2D eigenvalue weighted by Gasteiger charge is 1.67. The van der Waals surface area contributed by atoms with Crippen LogP contribution >= 0.6 is 28.0 Å². The fourth-order valence-electron chi connectivity index (χ4n) is 0. The summed E-state index contributed by atoms with van der Waals surface area (Å²) in [5, 5.41) is 0. The van der Waals surface area contributed by atoms with Crippen molar-refractivity contribution in [3.05, 3.63) is 0 Å². The third kappa shape index (κ3) is 10.7. The van der Waals surface area contributed by atoms with Gasteiger partial charge in [-0.05, 0) is 13.5 Å². The Kier molecular flexibility index (Phi) is 3.19. The van der Waals surface area contributed by atoms with E-state index < -0.39 is 0 Å². The van der Waals surface area contributed by atoms with E-state index in [1.165, 1.54) is 0 Å². The monoisotopic (exact) mass is 112 g/mol. The molecule has 0 aromatic heterocycles. The van der Waals surface area contributed by atoms with Crippen LogP contribution in [0.1, 0.15) is 0 Å². The standard InChI is InChI=1S/CH6P2S/c1-3(2)4/h4H,2H2,1H3. The number of rotatable bonds is 0. The Labute approximate surface area is 35.4 Å². The van der Waals surface area contributed by atoms with Crippen molar-refractivity contribution in [3.63, 3.8) is 0 Å². The molecule has 26 valence electrons. The first-order chi connectivity index (χ1) is 1.73. The van der Waals surface area contributed by atoms with Gasteiger partial charge in [0, 0.05) is 0 Å². The van der Waals surface area contributed by atoms with Gasteiger partial charge in [-0.3, -0.25) is 0 Å². The van der Waals surface area contributed by atoms with E-state index >= 15 is 0 Å². The minimum atomic E-state index is -0.00926. The zero-order valence-corrected chi connectivity index (χ0v) is 5.42. The molecule has 0 amide bonds. The van der Waals surface area contributed by atoms with Crippen molar-refractivity contribution in [1.82, 2.24) is 0 Å². The van der Waals surface area contributed by atoms with Gasteiger partial charge >= 0.3 is 0 Å². The van der Waals surface area contributed by atoms with E-state index in [0.29, 0.717) is 0 Å². The summed E-state index contributed by atoms with van der Waals surface area (Å²) in [4.78, 5) is 0. The fourth-order valence-corrected chi connectivity index (χ4v) is 0. The Morgan fingerprint density at radius 3 is 2.00 bits per heavy atom. The summed E-state index contributed by atoms with van der Waals surface area (Å²) in [5.41, 5.74) is 0. The van der Waals surface area contributed by atoms with Crippen LogP contribution in [0.5, 0.6) is 0 Å². The van der Waals surface area contributed by atoms with Crippen LogP contribution in [-0.2, 0) is 0 Å². The largest absolute Gasteiger partial charge is 0.147 e.